The molecule has 0 aliphatic carbocycles. The Kier molecular flexibility index (Phi) is 6.46. The van der Waals surface area contributed by atoms with Gasteiger partial charge in [-0.25, -0.2) is 0 Å². The van der Waals surface area contributed by atoms with Gasteiger partial charge in [0.25, 0.3) is 5.56 Å². The number of hydrogen-bond donors (Lipinski definition) is 0. The van der Waals surface area contributed by atoms with E-state index < -0.39 is 0 Å². The molecule has 0 radical (unpaired) electrons. The molecular formula is C23H23N3O7S. The fourth-order valence-electron chi connectivity index (χ4n) is 3.50. The average molecular weight is 486 g/mol. The molecule has 10 nitrogen and oxygen atoms in total. The lowest BCUT2D eigenvalue weighted by Crippen LogP contribution is -2.23. The molecule has 0 N–H and O–H groups in total. The van der Waals surface area contributed by atoms with Crippen molar-refractivity contribution in [1.29, 1.82) is 0 Å². The van der Waals surface area contributed by atoms with Gasteiger partial charge >= 0.3 is 0 Å². The lowest BCUT2D eigenvalue weighted by atomic mass is 10.1. The van der Waals surface area contributed by atoms with Gasteiger partial charge in [0.15, 0.2) is 28.8 Å². The summed E-state index contributed by atoms with van der Waals surface area (Å²) < 4.78 is 34.0. The second-order valence-electron chi connectivity index (χ2n) is 6.92. The van der Waals surface area contributed by atoms with Crippen molar-refractivity contribution in [2.75, 3.05) is 42.7 Å². The summed E-state index contributed by atoms with van der Waals surface area (Å²) in [5.41, 5.74) is 1.04. The molecule has 0 atom stereocenters. The van der Waals surface area contributed by atoms with Crippen molar-refractivity contribution in [3.05, 3.63) is 44.7 Å². The third kappa shape index (κ3) is 3.94. The third-order valence-corrected chi connectivity index (χ3v) is 6.05. The van der Waals surface area contributed by atoms with E-state index in [1.54, 1.807) is 30.3 Å². The SMILES string of the molecule is COc1cc(/C=c2\sc3nc(-c4cc(OC)c(OC)c(OC)c4)nn3c2=O)cc(OC)c1OC. The van der Waals surface area contributed by atoms with Gasteiger partial charge in [0, 0.05) is 5.56 Å². The lowest BCUT2D eigenvalue weighted by molar-refractivity contribution is 0.324. The van der Waals surface area contributed by atoms with Gasteiger partial charge in [-0.3, -0.25) is 4.79 Å². The third-order valence-electron chi connectivity index (χ3n) is 5.09. The van der Waals surface area contributed by atoms with E-state index in [1.807, 2.05) is 0 Å². The standard InChI is InChI=1S/C23H23N3O7S/c1-28-14-7-12(8-15(29-2)19(14)32-5)9-18-22(27)26-23(34-18)24-21(25-26)13-10-16(30-3)20(33-6)17(11-13)31-4/h7-11H,1-6H3/b18-9-. The Morgan fingerprint density at radius 2 is 1.26 bits per heavy atom. The van der Waals surface area contributed by atoms with Crippen LogP contribution in [0.25, 0.3) is 22.4 Å². The molecule has 0 aliphatic heterocycles. The largest absolute Gasteiger partial charge is 0.493 e. The fraction of sp³-hybridized carbons (Fsp3) is 0.261. The van der Waals surface area contributed by atoms with Crippen molar-refractivity contribution < 1.29 is 28.4 Å². The van der Waals surface area contributed by atoms with Gasteiger partial charge in [-0.05, 0) is 35.9 Å². The number of ether oxygens (including phenoxy) is 6. The van der Waals surface area contributed by atoms with Gasteiger partial charge in [-0.15, -0.1) is 5.10 Å². The number of hydrogen-bond acceptors (Lipinski definition) is 10. The molecule has 0 unspecified atom stereocenters. The summed E-state index contributed by atoms with van der Waals surface area (Å²) >= 11 is 1.22. The van der Waals surface area contributed by atoms with Crippen molar-refractivity contribution in [3.63, 3.8) is 0 Å². The highest BCUT2D eigenvalue weighted by molar-refractivity contribution is 7.15. The number of thiazole rings is 1. The smallest absolute Gasteiger partial charge is 0.291 e. The van der Waals surface area contributed by atoms with E-state index >= 15 is 0 Å². The van der Waals surface area contributed by atoms with Crippen LogP contribution in [0.2, 0.25) is 0 Å². The maximum absolute atomic E-state index is 13.0. The first-order valence-electron chi connectivity index (χ1n) is 9.99. The molecule has 0 bridgehead atoms. The first kappa shape index (κ1) is 23.2. The van der Waals surface area contributed by atoms with Crippen LogP contribution in [-0.4, -0.2) is 57.3 Å². The molecule has 11 heteroatoms. The van der Waals surface area contributed by atoms with Crippen LogP contribution in [0.3, 0.4) is 0 Å². The molecule has 178 valence electrons. The van der Waals surface area contributed by atoms with E-state index in [1.165, 1.54) is 58.5 Å². The molecule has 4 rings (SSSR count). The van der Waals surface area contributed by atoms with Crippen LogP contribution in [0.5, 0.6) is 34.5 Å². The highest BCUT2D eigenvalue weighted by Crippen LogP contribution is 2.41. The van der Waals surface area contributed by atoms with E-state index in [0.717, 1.165) is 0 Å². The van der Waals surface area contributed by atoms with Crippen LogP contribution in [0.15, 0.2) is 29.1 Å². The Morgan fingerprint density at radius 3 is 1.71 bits per heavy atom. The number of fused-ring (bicyclic) bond motifs is 1. The molecule has 0 saturated carbocycles. The minimum absolute atomic E-state index is 0.292. The van der Waals surface area contributed by atoms with Gasteiger partial charge in [0.1, 0.15) is 0 Å². The van der Waals surface area contributed by atoms with Gasteiger partial charge in [0.2, 0.25) is 16.5 Å². The minimum Gasteiger partial charge on any atom is -0.493 e. The monoisotopic (exact) mass is 485 g/mol. The van der Waals surface area contributed by atoms with Crippen molar-refractivity contribution in [1.82, 2.24) is 14.6 Å². The molecule has 34 heavy (non-hydrogen) atoms. The Morgan fingerprint density at radius 1 is 0.765 bits per heavy atom. The average Bonchev–Trinajstić information content (AvgIpc) is 3.41. The van der Waals surface area contributed by atoms with Gasteiger partial charge in [-0.1, -0.05) is 11.3 Å². The van der Waals surface area contributed by atoms with Crippen molar-refractivity contribution in [2.24, 2.45) is 0 Å². The highest BCUT2D eigenvalue weighted by Gasteiger charge is 2.18. The second kappa shape index (κ2) is 9.48. The Labute approximate surface area is 198 Å². The van der Waals surface area contributed by atoms with E-state index in [0.29, 0.717) is 60.9 Å². The molecule has 2 aromatic carbocycles. The van der Waals surface area contributed by atoms with E-state index in [-0.39, 0.29) is 5.56 Å². The summed E-state index contributed by atoms with van der Waals surface area (Å²) in [4.78, 5) is 18.0. The Balaban J connectivity index is 1.80. The Hall–Kier alpha value is -3.99. The normalized spacial score (nSPS) is 11.5. The number of nitrogens with zero attached hydrogens (tertiary/aromatic N) is 3. The van der Waals surface area contributed by atoms with Crippen LogP contribution in [-0.2, 0) is 0 Å². The van der Waals surface area contributed by atoms with Gasteiger partial charge in [0.05, 0.1) is 47.2 Å². The number of methoxy groups -OCH3 is 6. The molecular weight excluding hydrogens is 462 g/mol. The van der Waals surface area contributed by atoms with Crippen LogP contribution in [0, 0.1) is 0 Å². The lowest BCUT2D eigenvalue weighted by Gasteiger charge is -2.12. The zero-order chi connectivity index (χ0) is 24.4. The van der Waals surface area contributed by atoms with Gasteiger partial charge in [-0.2, -0.15) is 9.50 Å². The number of benzene rings is 2. The quantitative estimate of drug-likeness (QED) is 0.372. The summed E-state index contributed by atoms with van der Waals surface area (Å²) in [5, 5.41) is 4.41. The van der Waals surface area contributed by atoms with Gasteiger partial charge < -0.3 is 28.4 Å². The van der Waals surface area contributed by atoms with Crippen LogP contribution in [0.4, 0.5) is 0 Å². The summed E-state index contributed by atoms with van der Waals surface area (Å²) in [6, 6.07) is 6.98. The van der Waals surface area contributed by atoms with E-state index in [4.69, 9.17) is 28.4 Å². The molecule has 2 heterocycles. The summed E-state index contributed by atoms with van der Waals surface area (Å²) in [5.74, 6) is 3.21. The molecule has 0 fully saturated rings. The van der Waals surface area contributed by atoms with Crippen LogP contribution >= 0.6 is 11.3 Å². The molecule has 0 aliphatic rings. The Bertz CT molecular complexity index is 1410. The number of rotatable bonds is 8. The first-order chi connectivity index (χ1) is 16.5. The fourth-order valence-corrected chi connectivity index (χ4v) is 4.41. The zero-order valence-electron chi connectivity index (χ0n) is 19.5. The maximum Gasteiger partial charge on any atom is 0.291 e. The van der Waals surface area contributed by atoms with Crippen molar-refractivity contribution >= 4 is 22.4 Å². The minimum atomic E-state index is -0.292. The topological polar surface area (TPSA) is 103 Å². The zero-order valence-corrected chi connectivity index (χ0v) is 20.3. The predicted molar refractivity (Wildman–Crippen MR) is 127 cm³/mol. The van der Waals surface area contributed by atoms with Crippen LogP contribution in [0.1, 0.15) is 5.56 Å². The van der Waals surface area contributed by atoms with Crippen molar-refractivity contribution in [3.8, 4) is 45.9 Å². The van der Waals surface area contributed by atoms with E-state index in [2.05, 4.69) is 10.1 Å². The molecule has 0 amide bonds. The number of aromatic nitrogens is 3. The highest BCUT2D eigenvalue weighted by atomic mass is 32.1. The maximum atomic E-state index is 13.0. The first-order valence-corrected chi connectivity index (χ1v) is 10.8. The van der Waals surface area contributed by atoms with E-state index in [9.17, 15) is 4.79 Å². The summed E-state index contributed by atoms with van der Waals surface area (Å²) in [7, 11) is 9.19. The molecule has 0 saturated heterocycles. The summed E-state index contributed by atoms with van der Waals surface area (Å²) in [6.45, 7) is 0. The molecule has 4 aromatic rings. The molecule has 2 aromatic heterocycles. The van der Waals surface area contributed by atoms with Crippen molar-refractivity contribution in [2.45, 2.75) is 0 Å². The summed E-state index contributed by atoms with van der Waals surface area (Å²) in [6.07, 6.45) is 1.73. The van der Waals surface area contributed by atoms with Crippen LogP contribution < -0.4 is 38.5 Å². The predicted octanol–water partition coefficient (Wildman–Crippen LogP) is 2.42. The molecule has 0 spiro atoms. The second-order valence-corrected chi connectivity index (χ2v) is 7.93.